The highest BCUT2D eigenvalue weighted by Crippen LogP contribution is 2.43. The normalized spacial score (nSPS) is 18.9. The Balaban J connectivity index is 2.00. The highest BCUT2D eigenvalue weighted by atomic mass is 19.2. The molecule has 0 amide bonds. The Bertz CT molecular complexity index is 1000. The number of hydrogen-bond acceptors (Lipinski definition) is 1. The van der Waals surface area contributed by atoms with Crippen LogP contribution >= 0.6 is 0 Å². The molecule has 0 radical (unpaired) electrons. The number of unbranched alkanes of at least 4 members (excludes halogenated alkanes) is 2. The van der Waals surface area contributed by atoms with E-state index in [9.17, 15) is 27.5 Å². The number of carboxylic acids is 1. The molecular formula is C25H25F5O2. The summed E-state index contributed by atoms with van der Waals surface area (Å²) in [6.45, 7) is 2.11. The van der Waals surface area contributed by atoms with Crippen molar-refractivity contribution in [1.82, 2.24) is 0 Å². The molecule has 0 bridgehead atoms. The third-order valence-corrected chi connectivity index (χ3v) is 6.08. The quantitative estimate of drug-likeness (QED) is 0.202. The number of carboxylic acid groups (broad SMARTS) is 1. The van der Waals surface area contributed by atoms with E-state index in [4.69, 9.17) is 0 Å². The van der Waals surface area contributed by atoms with E-state index in [1.165, 1.54) is 0 Å². The smallest absolute Gasteiger partial charge is 0.341 e. The fourth-order valence-corrected chi connectivity index (χ4v) is 4.38. The summed E-state index contributed by atoms with van der Waals surface area (Å²) >= 11 is 0. The van der Waals surface area contributed by atoms with Crippen molar-refractivity contribution in [1.29, 1.82) is 0 Å². The van der Waals surface area contributed by atoms with Gasteiger partial charge in [-0.25, -0.2) is 26.7 Å². The molecule has 7 heteroatoms. The number of benzene rings is 2. The Morgan fingerprint density at radius 1 is 0.969 bits per heavy atom. The van der Waals surface area contributed by atoms with E-state index in [0.717, 1.165) is 38.2 Å². The van der Waals surface area contributed by atoms with E-state index < -0.39 is 46.2 Å². The molecule has 1 N–H and O–H groups in total. The highest BCUT2D eigenvalue weighted by Gasteiger charge is 2.30. The minimum atomic E-state index is -1.84. The maximum absolute atomic E-state index is 15.2. The second-order valence-corrected chi connectivity index (χ2v) is 8.25. The van der Waals surface area contributed by atoms with Gasteiger partial charge in [-0.2, -0.15) is 0 Å². The predicted octanol–water partition coefficient (Wildman–Crippen LogP) is 7.77. The molecule has 2 aromatic rings. The molecule has 0 atom stereocenters. The maximum atomic E-state index is 15.2. The molecule has 172 valence electrons. The van der Waals surface area contributed by atoms with Gasteiger partial charge < -0.3 is 5.11 Å². The van der Waals surface area contributed by atoms with Crippen molar-refractivity contribution in [2.24, 2.45) is 5.92 Å². The fourth-order valence-electron chi connectivity index (χ4n) is 4.38. The lowest BCUT2D eigenvalue weighted by Gasteiger charge is -2.29. The van der Waals surface area contributed by atoms with Crippen LogP contribution in [0.2, 0.25) is 0 Å². The molecule has 0 aromatic heterocycles. The molecule has 0 aliphatic heterocycles. The average Bonchev–Trinajstić information content (AvgIpc) is 2.74. The van der Waals surface area contributed by atoms with Crippen molar-refractivity contribution in [3.05, 3.63) is 70.6 Å². The lowest BCUT2D eigenvalue weighted by atomic mass is 9.76. The van der Waals surface area contributed by atoms with Crippen LogP contribution in [0.3, 0.4) is 0 Å². The van der Waals surface area contributed by atoms with Crippen molar-refractivity contribution >= 4 is 5.97 Å². The van der Waals surface area contributed by atoms with Gasteiger partial charge in [-0.1, -0.05) is 31.9 Å². The number of halogens is 5. The first kappa shape index (κ1) is 24.0. The second kappa shape index (κ2) is 10.3. The zero-order valence-electron chi connectivity index (χ0n) is 17.7. The number of allylic oxidation sites excluding steroid dienone is 2. The Kier molecular flexibility index (Phi) is 7.69. The monoisotopic (exact) mass is 452 g/mol. The van der Waals surface area contributed by atoms with Crippen LogP contribution in [0.4, 0.5) is 22.0 Å². The first-order valence-corrected chi connectivity index (χ1v) is 10.8. The number of rotatable bonds is 7. The van der Waals surface area contributed by atoms with Crippen LogP contribution in [0.25, 0.3) is 11.1 Å². The van der Waals surface area contributed by atoms with Crippen molar-refractivity contribution in [2.75, 3.05) is 0 Å². The minimum Gasteiger partial charge on any atom is -0.477 e. The molecule has 3 rings (SSSR count). The van der Waals surface area contributed by atoms with Crippen LogP contribution in [0.1, 0.15) is 73.7 Å². The Labute approximate surface area is 183 Å². The number of carbonyl (C=O) groups is 1. The van der Waals surface area contributed by atoms with Crippen molar-refractivity contribution in [2.45, 2.75) is 57.8 Å². The summed E-state index contributed by atoms with van der Waals surface area (Å²) < 4.78 is 70.9. The summed E-state index contributed by atoms with van der Waals surface area (Å²) in [4.78, 5) is 11.4. The van der Waals surface area contributed by atoms with E-state index in [-0.39, 0.29) is 17.0 Å². The van der Waals surface area contributed by atoms with Crippen molar-refractivity contribution in [3.8, 4) is 11.1 Å². The van der Waals surface area contributed by atoms with Gasteiger partial charge in [0.1, 0.15) is 17.2 Å². The van der Waals surface area contributed by atoms with Crippen molar-refractivity contribution in [3.63, 3.8) is 0 Å². The molecule has 0 unspecified atom stereocenters. The van der Waals surface area contributed by atoms with Crippen LogP contribution < -0.4 is 0 Å². The third-order valence-electron chi connectivity index (χ3n) is 6.08. The number of hydrogen-bond donors (Lipinski definition) is 1. The standard InChI is InChI=1S/C25H25F5O2/c1-2-3-4-5-6-14-7-9-15(10-8-14)17-13-18(26)22(25(31)32)24(30)21(17)16-11-19(27)23(29)20(28)12-16/h5-6,11-15H,2-4,7-10H2,1H3,(H,31,32). The van der Waals surface area contributed by atoms with Crippen LogP contribution in [0.5, 0.6) is 0 Å². The topological polar surface area (TPSA) is 37.3 Å². The van der Waals surface area contributed by atoms with Gasteiger partial charge in [0.2, 0.25) is 0 Å². The number of aromatic carboxylic acids is 1. The molecular weight excluding hydrogens is 427 g/mol. The van der Waals surface area contributed by atoms with E-state index in [0.29, 0.717) is 30.9 Å². The first-order valence-electron chi connectivity index (χ1n) is 10.8. The summed E-state index contributed by atoms with van der Waals surface area (Å²) in [6.07, 6.45) is 10.2. The van der Waals surface area contributed by atoms with Gasteiger partial charge in [0.25, 0.3) is 0 Å². The Hall–Kier alpha value is -2.70. The second-order valence-electron chi connectivity index (χ2n) is 8.25. The van der Waals surface area contributed by atoms with E-state index >= 15 is 4.39 Å². The molecule has 1 aliphatic rings. The summed E-state index contributed by atoms with van der Waals surface area (Å²) in [5, 5.41) is 9.23. The van der Waals surface area contributed by atoms with Crippen molar-refractivity contribution < 1.29 is 31.9 Å². The zero-order chi connectivity index (χ0) is 23.4. The molecule has 32 heavy (non-hydrogen) atoms. The van der Waals surface area contributed by atoms with Gasteiger partial charge in [0, 0.05) is 5.56 Å². The molecule has 0 heterocycles. The van der Waals surface area contributed by atoms with E-state index in [1.54, 1.807) is 0 Å². The molecule has 0 saturated heterocycles. The van der Waals surface area contributed by atoms with E-state index in [1.807, 2.05) is 0 Å². The minimum absolute atomic E-state index is 0.142. The fraction of sp³-hybridized carbons (Fsp3) is 0.400. The summed E-state index contributed by atoms with van der Waals surface area (Å²) in [5.74, 6) is -9.28. The first-order chi connectivity index (χ1) is 15.2. The SMILES string of the molecule is CCCCC=CC1CCC(c2cc(F)c(C(=O)O)c(F)c2-c2cc(F)c(F)c(F)c2)CC1. The largest absolute Gasteiger partial charge is 0.477 e. The lowest BCUT2D eigenvalue weighted by molar-refractivity contribution is 0.0686. The summed E-state index contributed by atoms with van der Waals surface area (Å²) in [6, 6.07) is 2.14. The predicted molar refractivity (Wildman–Crippen MR) is 112 cm³/mol. The van der Waals surface area contributed by atoms with Gasteiger partial charge in [0.15, 0.2) is 17.5 Å². The van der Waals surface area contributed by atoms with Crippen LogP contribution in [-0.2, 0) is 0 Å². The Morgan fingerprint density at radius 2 is 1.59 bits per heavy atom. The van der Waals surface area contributed by atoms with Crippen LogP contribution in [0.15, 0.2) is 30.4 Å². The molecule has 0 spiro atoms. The van der Waals surface area contributed by atoms with Gasteiger partial charge in [-0.05, 0) is 73.3 Å². The molecule has 2 nitrogen and oxygen atoms in total. The maximum Gasteiger partial charge on any atom is 0.341 e. The van der Waals surface area contributed by atoms with Gasteiger partial charge in [-0.15, -0.1) is 0 Å². The van der Waals surface area contributed by atoms with Gasteiger partial charge >= 0.3 is 5.97 Å². The van der Waals surface area contributed by atoms with Gasteiger partial charge in [-0.3, -0.25) is 0 Å². The molecule has 1 aliphatic carbocycles. The van der Waals surface area contributed by atoms with Gasteiger partial charge in [0.05, 0.1) is 0 Å². The van der Waals surface area contributed by atoms with Crippen LogP contribution in [-0.4, -0.2) is 11.1 Å². The average molecular weight is 452 g/mol. The summed E-state index contributed by atoms with van der Waals surface area (Å²) in [5.41, 5.74) is -1.83. The molecule has 1 saturated carbocycles. The molecule has 2 aromatic carbocycles. The third kappa shape index (κ3) is 5.03. The van der Waals surface area contributed by atoms with Crippen LogP contribution in [0, 0.1) is 35.0 Å². The molecule has 1 fully saturated rings. The highest BCUT2D eigenvalue weighted by molar-refractivity contribution is 5.91. The zero-order valence-corrected chi connectivity index (χ0v) is 17.7. The summed E-state index contributed by atoms with van der Waals surface area (Å²) in [7, 11) is 0. The Morgan fingerprint density at radius 3 is 2.16 bits per heavy atom. The lowest BCUT2D eigenvalue weighted by Crippen LogP contribution is -2.16. The van der Waals surface area contributed by atoms with E-state index in [2.05, 4.69) is 19.1 Å².